The molecule has 0 spiro atoms. The lowest BCUT2D eigenvalue weighted by Gasteiger charge is -2.19. The van der Waals surface area contributed by atoms with Gasteiger partial charge in [-0.1, -0.05) is 0 Å². The van der Waals surface area contributed by atoms with Crippen LogP contribution >= 0.6 is 0 Å². The molecule has 1 aliphatic heterocycles. The van der Waals surface area contributed by atoms with Gasteiger partial charge in [0.05, 0.1) is 6.42 Å². The second-order valence-corrected chi connectivity index (χ2v) is 4.57. The number of aliphatic carboxylic acids is 1. The fourth-order valence-corrected chi connectivity index (χ4v) is 2.73. The zero-order chi connectivity index (χ0) is 11.1. The first-order valence-corrected chi connectivity index (χ1v) is 5.31. The summed E-state index contributed by atoms with van der Waals surface area (Å²) < 4.78 is 26.7. The second-order valence-electron chi connectivity index (χ2n) is 4.57. The van der Waals surface area contributed by atoms with Crippen LogP contribution < -0.4 is 0 Å². The van der Waals surface area contributed by atoms with Gasteiger partial charge in [-0.15, -0.1) is 0 Å². The molecule has 1 aliphatic carbocycles. The Hall–Kier alpha value is -0.710. The van der Waals surface area contributed by atoms with Crippen LogP contribution in [0.4, 0.5) is 8.78 Å². The third kappa shape index (κ3) is 2.12. The fourth-order valence-electron chi connectivity index (χ4n) is 2.73. The van der Waals surface area contributed by atoms with E-state index in [1.54, 1.807) is 0 Å². The number of carboxylic acids is 1. The molecule has 2 rings (SSSR count). The molecule has 1 saturated carbocycles. The number of hydrogen-bond donors (Lipinski definition) is 1. The summed E-state index contributed by atoms with van der Waals surface area (Å²) in [7, 11) is 0. The van der Waals surface area contributed by atoms with E-state index in [0.717, 1.165) is 0 Å². The van der Waals surface area contributed by atoms with Gasteiger partial charge in [0.25, 0.3) is 5.92 Å². The van der Waals surface area contributed by atoms with E-state index in [1.807, 2.05) is 4.90 Å². The average Bonchev–Trinajstić information content (AvgIpc) is 2.65. The molecular weight excluding hydrogens is 204 g/mol. The van der Waals surface area contributed by atoms with Gasteiger partial charge in [0, 0.05) is 32.0 Å². The van der Waals surface area contributed by atoms with Gasteiger partial charge >= 0.3 is 5.97 Å². The topological polar surface area (TPSA) is 40.5 Å². The van der Waals surface area contributed by atoms with Crippen molar-refractivity contribution in [2.75, 3.05) is 19.6 Å². The standard InChI is InChI=1S/C10H15F2NO2/c11-10(12)3-1-7-5-13(6-8(7)10)4-2-9(14)15/h7-8H,1-6H2,(H,14,15)/t7-,8+/m0/s1. The maximum absolute atomic E-state index is 13.3. The zero-order valence-electron chi connectivity index (χ0n) is 8.46. The molecule has 0 aromatic rings. The summed E-state index contributed by atoms with van der Waals surface area (Å²) in [5.41, 5.74) is 0. The number of rotatable bonds is 3. The quantitative estimate of drug-likeness (QED) is 0.780. The molecule has 2 aliphatic rings. The van der Waals surface area contributed by atoms with E-state index >= 15 is 0 Å². The Kier molecular flexibility index (Phi) is 2.66. The van der Waals surface area contributed by atoms with Crippen LogP contribution in [0.3, 0.4) is 0 Å². The number of hydrogen-bond acceptors (Lipinski definition) is 2. The molecule has 0 amide bonds. The van der Waals surface area contributed by atoms with Crippen molar-refractivity contribution in [3.63, 3.8) is 0 Å². The van der Waals surface area contributed by atoms with Crippen molar-refractivity contribution in [2.45, 2.75) is 25.2 Å². The Bertz CT molecular complexity index is 270. The lowest BCUT2D eigenvalue weighted by atomic mass is 9.99. The molecule has 0 radical (unpaired) electrons. The summed E-state index contributed by atoms with van der Waals surface area (Å²) in [5, 5.41) is 8.50. The molecule has 0 aromatic heterocycles. The Morgan fingerprint density at radius 3 is 2.80 bits per heavy atom. The zero-order valence-corrected chi connectivity index (χ0v) is 8.46. The van der Waals surface area contributed by atoms with Gasteiger partial charge in [0.15, 0.2) is 0 Å². The minimum Gasteiger partial charge on any atom is -0.481 e. The molecule has 3 nitrogen and oxygen atoms in total. The van der Waals surface area contributed by atoms with E-state index in [2.05, 4.69) is 0 Å². The van der Waals surface area contributed by atoms with Crippen LogP contribution in [-0.4, -0.2) is 41.5 Å². The molecule has 2 atom stereocenters. The number of carbonyl (C=O) groups is 1. The van der Waals surface area contributed by atoms with Gasteiger partial charge in [-0.2, -0.15) is 0 Å². The molecule has 0 bridgehead atoms. The van der Waals surface area contributed by atoms with Crippen molar-refractivity contribution in [2.24, 2.45) is 11.8 Å². The van der Waals surface area contributed by atoms with Gasteiger partial charge < -0.3 is 10.0 Å². The van der Waals surface area contributed by atoms with E-state index < -0.39 is 17.8 Å². The summed E-state index contributed by atoms with van der Waals surface area (Å²) >= 11 is 0. The highest BCUT2D eigenvalue weighted by Gasteiger charge is 2.53. The van der Waals surface area contributed by atoms with Crippen molar-refractivity contribution in [1.29, 1.82) is 0 Å². The maximum atomic E-state index is 13.3. The first-order valence-electron chi connectivity index (χ1n) is 5.31. The van der Waals surface area contributed by atoms with Gasteiger partial charge in [-0.25, -0.2) is 8.78 Å². The highest BCUT2D eigenvalue weighted by molar-refractivity contribution is 5.66. The van der Waals surface area contributed by atoms with E-state index in [9.17, 15) is 13.6 Å². The van der Waals surface area contributed by atoms with Crippen LogP contribution in [0, 0.1) is 11.8 Å². The smallest absolute Gasteiger partial charge is 0.304 e. The van der Waals surface area contributed by atoms with Crippen molar-refractivity contribution in [3.05, 3.63) is 0 Å². The number of carboxylic acid groups (broad SMARTS) is 1. The fraction of sp³-hybridized carbons (Fsp3) is 0.900. The number of likely N-dealkylation sites (tertiary alicyclic amines) is 1. The number of alkyl halides is 2. The highest BCUT2D eigenvalue weighted by atomic mass is 19.3. The SMILES string of the molecule is O=C(O)CCN1C[C@@H]2CCC(F)(F)[C@@H]2C1. The lowest BCUT2D eigenvalue weighted by molar-refractivity contribution is -0.137. The molecule has 5 heteroatoms. The first kappa shape index (κ1) is 10.8. The van der Waals surface area contributed by atoms with Gasteiger partial charge in [0.2, 0.25) is 0 Å². The number of nitrogens with zero attached hydrogens (tertiary/aromatic N) is 1. The minimum atomic E-state index is -2.53. The largest absolute Gasteiger partial charge is 0.481 e. The molecule has 2 fully saturated rings. The first-order chi connectivity index (χ1) is 6.99. The normalized spacial score (nSPS) is 34.3. The number of halogens is 2. The maximum Gasteiger partial charge on any atom is 0.304 e. The Balaban J connectivity index is 1.87. The summed E-state index contributed by atoms with van der Waals surface area (Å²) in [6.45, 7) is 1.41. The Morgan fingerprint density at radius 2 is 2.20 bits per heavy atom. The van der Waals surface area contributed by atoms with E-state index in [-0.39, 0.29) is 18.8 Å². The summed E-state index contributed by atoms with van der Waals surface area (Å²) in [5.74, 6) is -3.85. The predicted molar refractivity (Wildman–Crippen MR) is 49.9 cm³/mol. The molecule has 1 N–H and O–H groups in total. The van der Waals surface area contributed by atoms with Gasteiger partial charge in [-0.3, -0.25) is 4.79 Å². The summed E-state index contributed by atoms with van der Waals surface area (Å²) in [6.07, 6.45) is 0.640. The molecule has 1 saturated heterocycles. The van der Waals surface area contributed by atoms with Crippen LogP contribution in [0.15, 0.2) is 0 Å². The van der Waals surface area contributed by atoms with Crippen LogP contribution in [0.1, 0.15) is 19.3 Å². The van der Waals surface area contributed by atoms with Gasteiger partial charge in [0.1, 0.15) is 0 Å². The minimum absolute atomic E-state index is 0.00903. The van der Waals surface area contributed by atoms with Crippen molar-refractivity contribution in [3.8, 4) is 0 Å². The van der Waals surface area contributed by atoms with Crippen LogP contribution in [0.5, 0.6) is 0 Å². The van der Waals surface area contributed by atoms with E-state index in [1.165, 1.54) is 0 Å². The third-order valence-corrected chi connectivity index (χ3v) is 3.55. The highest BCUT2D eigenvalue weighted by Crippen LogP contribution is 2.48. The predicted octanol–water partition coefficient (Wildman–Crippen LogP) is 1.44. The summed E-state index contributed by atoms with van der Waals surface area (Å²) in [4.78, 5) is 12.2. The average molecular weight is 219 g/mol. The summed E-state index contributed by atoms with van der Waals surface area (Å²) in [6, 6.07) is 0. The third-order valence-electron chi connectivity index (χ3n) is 3.55. The second kappa shape index (κ2) is 3.70. The van der Waals surface area contributed by atoms with Crippen molar-refractivity contribution in [1.82, 2.24) is 4.90 Å². The number of fused-ring (bicyclic) bond motifs is 1. The monoisotopic (exact) mass is 219 g/mol. The van der Waals surface area contributed by atoms with Crippen LogP contribution in [-0.2, 0) is 4.79 Å². The van der Waals surface area contributed by atoms with Crippen LogP contribution in [0.2, 0.25) is 0 Å². The van der Waals surface area contributed by atoms with Crippen molar-refractivity contribution < 1.29 is 18.7 Å². The van der Waals surface area contributed by atoms with Crippen LogP contribution in [0.25, 0.3) is 0 Å². The van der Waals surface area contributed by atoms with E-state index in [4.69, 9.17) is 5.11 Å². The molecule has 1 heterocycles. The molecule has 15 heavy (non-hydrogen) atoms. The van der Waals surface area contributed by atoms with Crippen molar-refractivity contribution >= 4 is 5.97 Å². The Labute approximate surface area is 87.1 Å². The molecule has 0 unspecified atom stereocenters. The molecule has 86 valence electrons. The molecule has 0 aromatic carbocycles. The lowest BCUT2D eigenvalue weighted by Crippen LogP contribution is -2.30. The Morgan fingerprint density at radius 1 is 1.47 bits per heavy atom. The molecular formula is C10H15F2NO2. The van der Waals surface area contributed by atoms with Gasteiger partial charge in [-0.05, 0) is 12.3 Å². The van der Waals surface area contributed by atoms with E-state index in [0.29, 0.717) is 26.1 Å².